The lowest BCUT2D eigenvalue weighted by atomic mass is 9.78. The summed E-state index contributed by atoms with van der Waals surface area (Å²) in [7, 11) is 0. The Morgan fingerprint density at radius 2 is 2.04 bits per heavy atom. The predicted octanol–water partition coefficient (Wildman–Crippen LogP) is 3.15. The lowest BCUT2D eigenvalue weighted by Gasteiger charge is -2.35. The maximum Gasteiger partial charge on any atom is 0.265 e. The maximum absolute atomic E-state index is 12.6. The summed E-state index contributed by atoms with van der Waals surface area (Å²) >= 11 is 0. The van der Waals surface area contributed by atoms with E-state index in [1.165, 1.54) is 12.8 Å². The standard InChI is InChI=1S/C20H29N3O3/c1-11-6-5-7-16(12(11)2)22-19(24)13(3)21-15-8-9-18-17(10-15)23-20(25)14(4)26-18/h8-14,16,21H,5-7H2,1-4H3,(H,22,24)(H,23,25)/t11-,12-,13-,14-,16+/m0/s1. The van der Waals surface area contributed by atoms with Gasteiger partial charge in [-0.05, 0) is 50.3 Å². The van der Waals surface area contributed by atoms with Crippen molar-refractivity contribution in [2.24, 2.45) is 11.8 Å². The number of anilines is 2. The van der Waals surface area contributed by atoms with Crippen molar-refractivity contribution in [1.29, 1.82) is 0 Å². The van der Waals surface area contributed by atoms with E-state index in [2.05, 4.69) is 29.8 Å². The van der Waals surface area contributed by atoms with Crippen molar-refractivity contribution in [3.63, 3.8) is 0 Å². The Balaban J connectivity index is 1.61. The van der Waals surface area contributed by atoms with E-state index in [1.807, 2.05) is 19.1 Å². The highest BCUT2D eigenvalue weighted by atomic mass is 16.5. The second-order valence-corrected chi connectivity index (χ2v) is 7.71. The van der Waals surface area contributed by atoms with Gasteiger partial charge in [-0.3, -0.25) is 9.59 Å². The van der Waals surface area contributed by atoms with Gasteiger partial charge < -0.3 is 20.7 Å². The molecule has 6 heteroatoms. The molecule has 0 unspecified atom stereocenters. The molecule has 1 fully saturated rings. The molecule has 5 atom stereocenters. The highest BCUT2D eigenvalue weighted by Crippen LogP contribution is 2.32. The zero-order chi connectivity index (χ0) is 18.8. The largest absolute Gasteiger partial charge is 0.479 e. The van der Waals surface area contributed by atoms with Gasteiger partial charge in [0.1, 0.15) is 11.8 Å². The molecular formula is C20H29N3O3. The van der Waals surface area contributed by atoms with Crippen LogP contribution in [0.4, 0.5) is 11.4 Å². The third kappa shape index (κ3) is 3.94. The molecule has 1 heterocycles. The van der Waals surface area contributed by atoms with Crippen LogP contribution in [0, 0.1) is 11.8 Å². The Morgan fingerprint density at radius 3 is 2.81 bits per heavy atom. The maximum atomic E-state index is 12.6. The topological polar surface area (TPSA) is 79.5 Å². The summed E-state index contributed by atoms with van der Waals surface area (Å²) in [6.07, 6.45) is 2.96. The predicted molar refractivity (Wildman–Crippen MR) is 102 cm³/mol. The van der Waals surface area contributed by atoms with Crippen LogP contribution in [0.15, 0.2) is 18.2 Å². The first-order chi connectivity index (χ1) is 12.3. The number of carbonyl (C=O) groups excluding carboxylic acids is 2. The van der Waals surface area contributed by atoms with Crippen LogP contribution < -0.4 is 20.7 Å². The van der Waals surface area contributed by atoms with Crippen molar-refractivity contribution in [2.75, 3.05) is 10.6 Å². The van der Waals surface area contributed by atoms with Crippen molar-refractivity contribution >= 4 is 23.2 Å². The van der Waals surface area contributed by atoms with Crippen molar-refractivity contribution < 1.29 is 14.3 Å². The van der Waals surface area contributed by atoms with E-state index in [9.17, 15) is 9.59 Å². The number of hydrogen-bond acceptors (Lipinski definition) is 4. The number of amides is 2. The van der Waals surface area contributed by atoms with Crippen molar-refractivity contribution in [3.05, 3.63) is 18.2 Å². The van der Waals surface area contributed by atoms with Gasteiger partial charge in [0.15, 0.2) is 6.10 Å². The molecule has 1 aliphatic carbocycles. The van der Waals surface area contributed by atoms with Gasteiger partial charge in [-0.25, -0.2) is 0 Å². The van der Waals surface area contributed by atoms with Gasteiger partial charge in [0, 0.05) is 11.7 Å². The minimum atomic E-state index is -0.495. The van der Waals surface area contributed by atoms with Gasteiger partial charge in [0.25, 0.3) is 5.91 Å². The summed E-state index contributed by atoms with van der Waals surface area (Å²) in [4.78, 5) is 24.3. The summed E-state index contributed by atoms with van der Waals surface area (Å²) < 4.78 is 5.55. The van der Waals surface area contributed by atoms with Gasteiger partial charge in [0.05, 0.1) is 5.69 Å². The van der Waals surface area contributed by atoms with E-state index in [0.29, 0.717) is 23.3 Å². The molecule has 26 heavy (non-hydrogen) atoms. The molecule has 3 rings (SSSR count). The molecule has 142 valence electrons. The number of carbonyl (C=O) groups is 2. The van der Waals surface area contributed by atoms with Crippen LogP contribution >= 0.6 is 0 Å². The molecule has 2 amide bonds. The molecule has 0 saturated heterocycles. The van der Waals surface area contributed by atoms with Crippen LogP contribution in [-0.2, 0) is 9.59 Å². The van der Waals surface area contributed by atoms with Gasteiger partial charge >= 0.3 is 0 Å². The normalized spacial score (nSPS) is 29.0. The Bertz CT molecular complexity index is 691. The lowest BCUT2D eigenvalue weighted by Crippen LogP contribution is -2.48. The molecule has 3 N–H and O–H groups in total. The summed E-state index contributed by atoms with van der Waals surface area (Å²) in [5.74, 6) is 1.62. The van der Waals surface area contributed by atoms with Gasteiger partial charge in [-0.2, -0.15) is 0 Å². The number of hydrogen-bond donors (Lipinski definition) is 3. The molecule has 1 aliphatic heterocycles. The SMILES string of the molecule is C[C@H]1[C@@H](C)CCC[C@H]1NC(=O)[C@H](C)Nc1ccc2c(c1)NC(=O)[C@H](C)O2. The molecule has 0 spiro atoms. The molecule has 1 saturated carbocycles. The van der Waals surface area contributed by atoms with Crippen LogP contribution in [0.1, 0.15) is 47.0 Å². The van der Waals surface area contributed by atoms with Crippen molar-refractivity contribution in [2.45, 2.75) is 65.1 Å². The van der Waals surface area contributed by atoms with Crippen molar-refractivity contribution in [3.8, 4) is 5.75 Å². The molecule has 2 aliphatic rings. The molecule has 1 aromatic rings. The second kappa shape index (κ2) is 7.56. The van der Waals surface area contributed by atoms with Crippen LogP contribution in [0.3, 0.4) is 0 Å². The first-order valence-electron chi connectivity index (χ1n) is 9.53. The van der Waals surface area contributed by atoms with Crippen LogP contribution in [-0.4, -0.2) is 30.0 Å². The van der Waals surface area contributed by atoms with Crippen LogP contribution in [0.2, 0.25) is 0 Å². The van der Waals surface area contributed by atoms with Gasteiger partial charge in [-0.1, -0.05) is 26.7 Å². The minimum absolute atomic E-state index is 0.00239. The Kier molecular flexibility index (Phi) is 5.39. The van der Waals surface area contributed by atoms with E-state index in [0.717, 1.165) is 12.1 Å². The summed E-state index contributed by atoms with van der Waals surface area (Å²) in [5, 5.41) is 9.24. The Morgan fingerprint density at radius 1 is 1.27 bits per heavy atom. The first kappa shape index (κ1) is 18.5. The number of rotatable bonds is 4. The fourth-order valence-electron chi connectivity index (χ4n) is 3.71. The molecule has 0 radical (unpaired) electrons. The highest BCUT2D eigenvalue weighted by molar-refractivity contribution is 5.98. The summed E-state index contributed by atoms with van der Waals surface area (Å²) in [6, 6.07) is 5.35. The molecule has 1 aromatic carbocycles. The monoisotopic (exact) mass is 359 g/mol. The van der Waals surface area contributed by atoms with E-state index in [-0.39, 0.29) is 23.9 Å². The van der Waals surface area contributed by atoms with E-state index >= 15 is 0 Å². The number of nitrogens with one attached hydrogen (secondary N) is 3. The fourth-order valence-corrected chi connectivity index (χ4v) is 3.71. The van der Waals surface area contributed by atoms with E-state index in [1.54, 1.807) is 13.0 Å². The highest BCUT2D eigenvalue weighted by Gasteiger charge is 2.29. The quantitative estimate of drug-likeness (QED) is 0.772. The van der Waals surface area contributed by atoms with Crippen LogP contribution in [0.25, 0.3) is 0 Å². The third-order valence-electron chi connectivity index (χ3n) is 5.72. The van der Waals surface area contributed by atoms with Gasteiger partial charge in [-0.15, -0.1) is 0 Å². The molecule has 6 nitrogen and oxygen atoms in total. The number of benzene rings is 1. The lowest BCUT2D eigenvalue weighted by molar-refractivity contribution is -0.123. The average Bonchev–Trinajstić information content (AvgIpc) is 2.60. The third-order valence-corrected chi connectivity index (χ3v) is 5.72. The van der Waals surface area contributed by atoms with Gasteiger partial charge in [0.2, 0.25) is 5.91 Å². The Hall–Kier alpha value is -2.24. The summed E-state index contributed by atoms with van der Waals surface area (Å²) in [6.45, 7) is 8.04. The molecule has 0 aromatic heterocycles. The zero-order valence-electron chi connectivity index (χ0n) is 16.0. The smallest absolute Gasteiger partial charge is 0.265 e. The zero-order valence-corrected chi connectivity index (χ0v) is 16.0. The molecule has 0 bridgehead atoms. The second-order valence-electron chi connectivity index (χ2n) is 7.71. The van der Waals surface area contributed by atoms with E-state index < -0.39 is 6.10 Å². The Labute approximate surface area is 155 Å². The minimum Gasteiger partial charge on any atom is -0.479 e. The van der Waals surface area contributed by atoms with E-state index in [4.69, 9.17) is 4.74 Å². The number of ether oxygens (including phenoxy) is 1. The van der Waals surface area contributed by atoms with Crippen LogP contribution in [0.5, 0.6) is 5.75 Å². The number of fused-ring (bicyclic) bond motifs is 1. The first-order valence-corrected chi connectivity index (χ1v) is 9.53. The summed E-state index contributed by atoms with van der Waals surface area (Å²) in [5.41, 5.74) is 1.40. The molecular weight excluding hydrogens is 330 g/mol. The fraction of sp³-hybridized carbons (Fsp3) is 0.600. The average molecular weight is 359 g/mol. The van der Waals surface area contributed by atoms with Crippen molar-refractivity contribution in [1.82, 2.24) is 5.32 Å².